The first-order valence-electron chi connectivity index (χ1n) is 7.95. The summed E-state index contributed by atoms with van der Waals surface area (Å²) in [6.07, 6.45) is 3.68. The van der Waals surface area contributed by atoms with Crippen molar-refractivity contribution in [2.75, 3.05) is 0 Å². The molecule has 123 valence electrons. The van der Waals surface area contributed by atoms with Gasteiger partial charge in [0.2, 0.25) is 0 Å². The fraction of sp³-hybridized carbons (Fsp3) is 0.0476. The van der Waals surface area contributed by atoms with Crippen molar-refractivity contribution in [3.8, 4) is 11.3 Å². The third-order valence-electron chi connectivity index (χ3n) is 4.55. The van der Waals surface area contributed by atoms with E-state index in [-0.39, 0.29) is 20.1 Å². The quantitative estimate of drug-likeness (QED) is 0.244. The first-order chi connectivity index (χ1) is 11.8. The topological polar surface area (TPSA) is 30.2 Å². The van der Waals surface area contributed by atoms with Crippen LogP contribution < -0.4 is 0 Å². The Kier molecular flexibility index (Phi) is 3.87. The second-order valence-electron chi connectivity index (χ2n) is 5.96. The smallest absolute Gasteiger partial charge is 0.0711 e. The summed E-state index contributed by atoms with van der Waals surface area (Å²) in [6.45, 7) is 2.11. The number of rotatable bonds is 1. The zero-order valence-corrected chi connectivity index (χ0v) is 15.9. The molecular formula is C21H14IrN3-. The van der Waals surface area contributed by atoms with Crippen molar-refractivity contribution < 1.29 is 20.1 Å². The van der Waals surface area contributed by atoms with Gasteiger partial charge in [-0.15, -0.1) is 5.56 Å². The van der Waals surface area contributed by atoms with Crippen LogP contribution in [0, 0.1) is 13.0 Å². The van der Waals surface area contributed by atoms with Crippen molar-refractivity contribution >= 4 is 27.2 Å². The van der Waals surface area contributed by atoms with Crippen LogP contribution in [0.1, 0.15) is 5.56 Å². The summed E-state index contributed by atoms with van der Waals surface area (Å²) in [6, 6.07) is 22.0. The summed E-state index contributed by atoms with van der Waals surface area (Å²) < 4.78 is 1.98. The molecule has 5 aromatic rings. The van der Waals surface area contributed by atoms with E-state index < -0.39 is 0 Å². The Morgan fingerprint density at radius 3 is 2.52 bits per heavy atom. The van der Waals surface area contributed by atoms with Crippen LogP contribution in [0.4, 0.5) is 0 Å². The summed E-state index contributed by atoms with van der Waals surface area (Å²) in [4.78, 5) is 4.59. The Morgan fingerprint density at radius 2 is 1.72 bits per heavy atom. The third kappa shape index (κ3) is 2.30. The Bertz CT molecular complexity index is 1210. The Hall–Kier alpha value is -2.55. The predicted octanol–water partition coefficient (Wildman–Crippen LogP) is 4.81. The van der Waals surface area contributed by atoms with E-state index in [4.69, 9.17) is 0 Å². The van der Waals surface area contributed by atoms with Gasteiger partial charge < -0.3 is 0 Å². The normalized spacial score (nSPS) is 11.1. The number of aryl methyl sites for hydroxylation is 1. The van der Waals surface area contributed by atoms with Crippen LogP contribution >= 0.6 is 0 Å². The largest absolute Gasteiger partial charge is 0.258 e. The fourth-order valence-electron chi connectivity index (χ4n) is 3.52. The second-order valence-corrected chi connectivity index (χ2v) is 5.96. The van der Waals surface area contributed by atoms with Crippen LogP contribution in [0.5, 0.6) is 0 Å². The van der Waals surface area contributed by atoms with Crippen LogP contribution in [-0.2, 0) is 20.1 Å². The molecule has 0 bridgehead atoms. The average molecular weight is 501 g/mol. The minimum atomic E-state index is 0. The first-order valence-corrected chi connectivity index (χ1v) is 7.95. The van der Waals surface area contributed by atoms with E-state index in [2.05, 4.69) is 59.5 Å². The van der Waals surface area contributed by atoms with Gasteiger partial charge in [-0.2, -0.15) is 17.2 Å². The fourth-order valence-corrected chi connectivity index (χ4v) is 3.52. The van der Waals surface area contributed by atoms with E-state index in [1.807, 2.05) is 35.1 Å². The maximum absolute atomic E-state index is 4.59. The van der Waals surface area contributed by atoms with Crippen molar-refractivity contribution in [3.05, 3.63) is 78.6 Å². The Labute approximate surface area is 158 Å². The molecule has 3 aromatic heterocycles. The molecule has 3 heterocycles. The molecule has 0 spiro atoms. The molecule has 2 aromatic carbocycles. The molecule has 0 N–H and O–H groups in total. The van der Waals surface area contributed by atoms with E-state index in [0.29, 0.717) is 0 Å². The molecular weight excluding hydrogens is 486 g/mol. The molecule has 0 atom stereocenters. The van der Waals surface area contributed by atoms with Crippen molar-refractivity contribution in [2.24, 2.45) is 0 Å². The van der Waals surface area contributed by atoms with E-state index in [0.717, 1.165) is 33.2 Å². The maximum Gasteiger partial charge on any atom is 0.0711 e. The maximum atomic E-state index is 4.59. The minimum Gasteiger partial charge on any atom is -0.258 e. The number of hydrogen-bond acceptors (Lipinski definition) is 2. The Balaban J connectivity index is 0.00000157. The molecule has 3 nitrogen and oxygen atoms in total. The van der Waals surface area contributed by atoms with Gasteiger partial charge >= 0.3 is 0 Å². The molecule has 4 heteroatoms. The van der Waals surface area contributed by atoms with Gasteiger partial charge in [-0.25, -0.2) is 0 Å². The van der Waals surface area contributed by atoms with Crippen LogP contribution in [-0.4, -0.2) is 14.6 Å². The summed E-state index contributed by atoms with van der Waals surface area (Å²) in [5, 5.41) is 8.08. The van der Waals surface area contributed by atoms with Crippen molar-refractivity contribution in [3.63, 3.8) is 0 Å². The second kappa shape index (κ2) is 6.07. The van der Waals surface area contributed by atoms with E-state index in [1.165, 1.54) is 10.8 Å². The van der Waals surface area contributed by atoms with Gasteiger partial charge in [0.1, 0.15) is 0 Å². The van der Waals surface area contributed by atoms with E-state index >= 15 is 0 Å². The van der Waals surface area contributed by atoms with Crippen molar-refractivity contribution in [1.82, 2.24) is 14.6 Å². The van der Waals surface area contributed by atoms with Crippen LogP contribution in [0.2, 0.25) is 0 Å². The molecule has 25 heavy (non-hydrogen) atoms. The van der Waals surface area contributed by atoms with E-state index in [9.17, 15) is 0 Å². The molecule has 1 radical (unpaired) electrons. The van der Waals surface area contributed by atoms with Gasteiger partial charge in [-0.05, 0) is 29.1 Å². The minimum absolute atomic E-state index is 0. The Morgan fingerprint density at radius 1 is 0.920 bits per heavy atom. The SMILES string of the molecule is Cc1c[c-]c2c(c1-c1ccccn1)c1ccccc1c1ccnn21.[Ir]. The molecule has 0 aliphatic carbocycles. The van der Waals surface area contributed by atoms with Gasteiger partial charge in [0.25, 0.3) is 0 Å². The number of fused-ring (bicyclic) bond motifs is 6. The zero-order valence-electron chi connectivity index (χ0n) is 13.5. The summed E-state index contributed by atoms with van der Waals surface area (Å²) in [7, 11) is 0. The number of aromatic nitrogens is 3. The molecule has 0 amide bonds. The molecule has 0 unspecified atom stereocenters. The van der Waals surface area contributed by atoms with Crippen LogP contribution in [0.3, 0.4) is 0 Å². The summed E-state index contributed by atoms with van der Waals surface area (Å²) >= 11 is 0. The number of benzene rings is 2. The molecule has 0 aliphatic rings. The van der Waals surface area contributed by atoms with Gasteiger partial charge in [0.05, 0.1) is 5.52 Å². The third-order valence-corrected chi connectivity index (χ3v) is 4.55. The van der Waals surface area contributed by atoms with Gasteiger partial charge in [0, 0.05) is 38.2 Å². The summed E-state index contributed by atoms with van der Waals surface area (Å²) in [5.41, 5.74) is 5.38. The molecule has 0 saturated carbocycles. The molecule has 5 rings (SSSR count). The molecule has 0 aliphatic heterocycles. The van der Waals surface area contributed by atoms with E-state index in [1.54, 1.807) is 0 Å². The summed E-state index contributed by atoms with van der Waals surface area (Å²) in [5.74, 6) is 0. The zero-order chi connectivity index (χ0) is 16.1. The standard InChI is InChI=1S/C21H14N3.Ir/c1-14-9-10-19-21(20(14)17-8-4-5-12-22-17)16-7-3-2-6-15(16)18-11-13-23-24(18)19;/h2-9,11-13H,1H3;/q-1;. The van der Waals surface area contributed by atoms with Crippen molar-refractivity contribution in [2.45, 2.75) is 6.92 Å². The predicted molar refractivity (Wildman–Crippen MR) is 97.0 cm³/mol. The van der Waals surface area contributed by atoms with Gasteiger partial charge in [-0.3, -0.25) is 9.50 Å². The van der Waals surface area contributed by atoms with Gasteiger partial charge in [0.15, 0.2) is 0 Å². The van der Waals surface area contributed by atoms with Crippen LogP contribution in [0.25, 0.3) is 38.4 Å². The number of hydrogen-bond donors (Lipinski definition) is 0. The molecule has 0 fully saturated rings. The monoisotopic (exact) mass is 501 g/mol. The van der Waals surface area contributed by atoms with Crippen LogP contribution in [0.15, 0.2) is 67.0 Å². The number of pyridine rings is 2. The first kappa shape index (κ1) is 15.9. The average Bonchev–Trinajstić information content (AvgIpc) is 3.12. The molecule has 0 saturated heterocycles. The van der Waals surface area contributed by atoms with Gasteiger partial charge in [-0.1, -0.05) is 53.6 Å². The van der Waals surface area contributed by atoms with Crippen molar-refractivity contribution in [1.29, 1.82) is 0 Å². The number of nitrogens with zero attached hydrogens (tertiary/aromatic N) is 3.